The van der Waals surface area contributed by atoms with E-state index in [-0.39, 0.29) is 5.91 Å². The zero-order valence-electron chi connectivity index (χ0n) is 13.2. The molecule has 0 saturated carbocycles. The van der Waals surface area contributed by atoms with Crippen molar-refractivity contribution < 1.29 is 4.79 Å². The highest BCUT2D eigenvalue weighted by Gasteiger charge is 2.20. The molecule has 2 rings (SSSR count). The van der Waals surface area contributed by atoms with Gasteiger partial charge < -0.3 is 10.6 Å². The van der Waals surface area contributed by atoms with Crippen molar-refractivity contribution in [3.05, 3.63) is 51.5 Å². The third-order valence-corrected chi connectivity index (χ3v) is 4.83. The summed E-state index contributed by atoms with van der Waals surface area (Å²) in [5.74, 6) is 0.0519. The first kappa shape index (κ1) is 16.6. The molecule has 1 aromatic carbocycles. The Balaban J connectivity index is 2.09. The molecule has 2 N–H and O–H groups in total. The van der Waals surface area contributed by atoms with Crippen LogP contribution in [0.3, 0.4) is 0 Å². The average molecular weight is 317 g/mol. The third-order valence-electron chi connectivity index (χ3n) is 3.54. The third kappa shape index (κ3) is 4.15. The molecule has 22 heavy (non-hydrogen) atoms. The molecule has 0 saturated heterocycles. The first-order chi connectivity index (χ1) is 10.7. The molecule has 0 aliphatic carbocycles. The van der Waals surface area contributed by atoms with Crippen LogP contribution in [0.1, 0.15) is 32.9 Å². The van der Waals surface area contributed by atoms with Crippen molar-refractivity contribution >= 4 is 17.2 Å². The van der Waals surface area contributed by atoms with Crippen LogP contribution in [0.4, 0.5) is 0 Å². The second kappa shape index (κ2) is 8.06. The van der Waals surface area contributed by atoms with Gasteiger partial charge in [0, 0.05) is 19.6 Å². The van der Waals surface area contributed by atoms with Crippen LogP contribution in [0.15, 0.2) is 30.3 Å². The van der Waals surface area contributed by atoms with Gasteiger partial charge in [-0.3, -0.25) is 4.79 Å². The van der Waals surface area contributed by atoms with Gasteiger partial charge in [0.15, 0.2) is 0 Å². The van der Waals surface area contributed by atoms with Gasteiger partial charge in [0.05, 0.1) is 10.7 Å². The maximum Gasteiger partial charge on any atom is 0.265 e. The largest absolute Gasteiger partial charge is 0.336 e. The summed E-state index contributed by atoms with van der Waals surface area (Å²) in [7, 11) is 0. The highest BCUT2D eigenvalue weighted by atomic mass is 32.1. The van der Waals surface area contributed by atoms with Gasteiger partial charge in [0.2, 0.25) is 0 Å². The van der Waals surface area contributed by atoms with Crippen molar-refractivity contribution in [1.29, 1.82) is 0 Å². The fourth-order valence-corrected chi connectivity index (χ4v) is 3.30. The van der Waals surface area contributed by atoms with E-state index in [2.05, 4.69) is 24.0 Å². The van der Waals surface area contributed by atoms with Crippen LogP contribution in [0.5, 0.6) is 0 Å². The van der Waals surface area contributed by atoms with E-state index in [0.29, 0.717) is 19.6 Å². The van der Waals surface area contributed by atoms with E-state index in [9.17, 15) is 4.79 Å². The molecular weight excluding hydrogens is 294 g/mol. The molecule has 0 aliphatic heterocycles. The normalized spacial score (nSPS) is 10.7. The number of aromatic nitrogens is 1. The van der Waals surface area contributed by atoms with E-state index in [1.54, 1.807) is 0 Å². The minimum absolute atomic E-state index is 0.0519. The fraction of sp³-hybridized carbons (Fsp3) is 0.412. The summed E-state index contributed by atoms with van der Waals surface area (Å²) >= 11 is 1.50. The van der Waals surface area contributed by atoms with E-state index in [0.717, 1.165) is 28.4 Å². The summed E-state index contributed by atoms with van der Waals surface area (Å²) < 4.78 is 0. The Hall–Kier alpha value is -1.72. The molecule has 0 atom stereocenters. The second-order valence-corrected chi connectivity index (χ2v) is 6.28. The van der Waals surface area contributed by atoms with Crippen molar-refractivity contribution in [3.63, 3.8) is 0 Å². The fourth-order valence-electron chi connectivity index (χ4n) is 2.33. The van der Waals surface area contributed by atoms with Crippen molar-refractivity contribution in [1.82, 2.24) is 9.88 Å². The zero-order chi connectivity index (χ0) is 15.9. The lowest BCUT2D eigenvalue weighted by Gasteiger charge is -2.21. The molecule has 0 bridgehead atoms. The minimum atomic E-state index is 0.0519. The maximum atomic E-state index is 12.7. The van der Waals surface area contributed by atoms with Gasteiger partial charge in [-0.1, -0.05) is 37.3 Å². The summed E-state index contributed by atoms with van der Waals surface area (Å²) in [4.78, 5) is 19.8. The predicted molar refractivity (Wildman–Crippen MR) is 91.3 cm³/mol. The number of benzene rings is 1. The van der Waals surface area contributed by atoms with Crippen LogP contribution < -0.4 is 5.73 Å². The molecule has 1 amide bonds. The molecule has 118 valence electrons. The first-order valence-corrected chi connectivity index (χ1v) is 8.47. The van der Waals surface area contributed by atoms with Crippen LogP contribution >= 0.6 is 11.3 Å². The molecular formula is C17H23N3OS. The lowest BCUT2D eigenvalue weighted by atomic mass is 10.1. The number of aryl methyl sites for hydroxylation is 2. The highest BCUT2D eigenvalue weighted by molar-refractivity contribution is 7.13. The molecule has 4 nitrogen and oxygen atoms in total. The SMILES string of the molecule is CCc1nc(C)c(C(=O)N(CCN)CCc2ccccc2)s1. The summed E-state index contributed by atoms with van der Waals surface area (Å²) in [6, 6.07) is 10.2. The van der Waals surface area contributed by atoms with Gasteiger partial charge in [-0.2, -0.15) is 0 Å². The average Bonchev–Trinajstić information content (AvgIpc) is 2.93. The number of nitrogens with zero attached hydrogens (tertiary/aromatic N) is 2. The quantitative estimate of drug-likeness (QED) is 0.854. The Kier molecular flexibility index (Phi) is 6.10. The standard InChI is InChI=1S/C17H23N3OS/c1-3-15-19-13(2)16(22-15)17(21)20(12-10-18)11-9-14-7-5-4-6-8-14/h4-8H,3,9-12,18H2,1-2H3. The number of thiazole rings is 1. The van der Waals surface area contributed by atoms with E-state index < -0.39 is 0 Å². The Morgan fingerprint density at radius 1 is 1.27 bits per heavy atom. The van der Waals surface area contributed by atoms with Gasteiger partial charge in [-0.25, -0.2) is 4.98 Å². The second-order valence-electron chi connectivity index (χ2n) is 5.19. The first-order valence-electron chi connectivity index (χ1n) is 7.65. The molecule has 2 aromatic rings. The van der Waals surface area contributed by atoms with Crippen molar-refractivity contribution in [2.24, 2.45) is 5.73 Å². The summed E-state index contributed by atoms with van der Waals surface area (Å²) in [6.07, 6.45) is 1.70. The van der Waals surface area contributed by atoms with Gasteiger partial charge >= 0.3 is 0 Å². The van der Waals surface area contributed by atoms with Gasteiger partial charge in [0.1, 0.15) is 4.88 Å². The maximum absolute atomic E-state index is 12.7. The van der Waals surface area contributed by atoms with Crippen LogP contribution in [0.25, 0.3) is 0 Å². The number of nitrogens with two attached hydrogens (primary N) is 1. The molecule has 0 fully saturated rings. The number of carbonyl (C=O) groups is 1. The number of rotatable bonds is 7. The smallest absolute Gasteiger partial charge is 0.265 e. The van der Waals surface area contributed by atoms with Gasteiger partial charge in [0.25, 0.3) is 5.91 Å². The van der Waals surface area contributed by atoms with Gasteiger partial charge in [-0.15, -0.1) is 11.3 Å². The van der Waals surface area contributed by atoms with E-state index in [4.69, 9.17) is 5.73 Å². The lowest BCUT2D eigenvalue weighted by molar-refractivity contribution is 0.0766. The molecule has 1 aromatic heterocycles. The van der Waals surface area contributed by atoms with Crippen LogP contribution in [0.2, 0.25) is 0 Å². The molecule has 1 heterocycles. The minimum Gasteiger partial charge on any atom is -0.336 e. The Bertz CT molecular complexity index is 610. The molecule has 0 radical (unpaired) electrons. The van der Waals surface area contributed by atoms with Crippen molar-refractivity contribution in [2.45, 2.75) is 26.7 Å². The number of hydrogen-bond acceptors (Lipinski definition) is 4. The summed E-state index contributed by atoms with van der Waals surface area (Å²) in [6.45, 7) is 5.68. The monoisotopic (exact) mass is 317 g/mol. The number of carbonyl (C=O) groups excluding carboxylic acids is 1. The molecule has 5 heteroatoms. The van der Waals surface area contributed by atoms with Crippen LogP contribution in [-0.4, -0.2) is 35.4 Å². The van der Waals surface area contributed by atoms with Crippen LogP contribution in [0, 0.1) is 6.92 Å². The molecule has 0 unspecified atom stereocenters. The Morgan fingerprint density at radius 3 is 2.59 bits per heavy atom. The predicted octanol–water partition coefficient (Wildman–Crippen LogP) is 2.66. The zero-order valence-corrected chi connectivity index (χ0v) is 14.0. The number of hydrogen-bond donors (Lipinski definition) is 1. The lowest BCUT2D eigenvalue weighted by Crippen LogP contribution is -2.36. The highest BCUT2D eigenvalue weighted by Crippen LogP contribution is 2.20. The van der Waals surface area contributed by atoms with E-state index in [1.807, 2.05) is 30.0 Å². The summed E-state index contributed by atoms with van der Waals surface area (Å²) in [5, 5.41) is 1.01. The van der Waals surface area contributed by atoms with E-state index in [1.165, 1.54) is 16.9 Å². The molecule has 0 aliphatic rings. The van der Waals surface area contributed by atoms with Crippen molar-refractivity contribution in [2.75, 3.05) is 19.6 Å². The summed E-state index contributed by atoms with van der Waals surface area (Å²) in [5.41, 5.74) is 7.73. The van der Waals surface area contributed by atoms with Crippen LogP contribution in [-0.2, 0) is 12.8 Å². The Morgan fingerprint density at radius 2 is 2.00 bits per heavy atom. The van der Waals surface area contributed by atoms with E-state index >= 15 is 0 Å². The number of amides is 1. The van der Waals surface area contributed by atoms with Gasteiger partial charge in [-0.05, 0) is 25.3 Å². The molecule has 0 spiro atoms. The van der Waals surface area contributed by atoms with Crippen molar-refractivity contribution in [3.8, 4) is 0 Å². The topological polar surface area (TPSA) is 59.2 Å². The Labute approximate surface area is 136 Å².